The number of allylic oxidation sites excluding steroid dienone is 3. The van der Waals surface area contributed by atoms with E-state index in [1.165, 1.54) is 5.57 Å². The molecule has 0 amide bonds. The summed E-state index contributed by atoms with van der Waals surface area (Å²) in [6.07, 6.45) is 5.81. The second kappa shape index (κ2) is 3.38. The third-order valence-electron chi connectivity index (χ3n) is 4.07. The first-order valence-electron chi connectivity index (χ1n) is 5.49. The van der Waals surface area contributed by atoms with Crippen molar-refractivity contribution in [3.8, 4) is 0 Å². The van der Waals surface area contributed by atoms with Crippen LogP contribution in [-0.2, 0) is 4.79 Å². The Morgan fingerprint density at radius 3 is 2.86 bits per heavy atom. The second-order valence-corrected chi connectivity index (χ2v) is 4.82. The van der Waals surface area contributed by atoms with Crippen molar-refractivity contribution in [1.82, 2.24) is 0 Å². The van der Waals surface area contributed by atoms with E-state index < -0.39 is 0 Å². The van der Waals surface area contributed by atoms with Gasteiger partial charge in [0, 0.05) is 6.42 Å². The smallest absolute Gasteiger partial charge is 0.156 e. The van der Waals surface area contributed by atoms with Crippen molar-refractivity contribution in [2.75, 3.05) is 0 Å². The fourth-order valence-electron chi connectivity index (χ4n) is 3.05. The van der Waals surface area contributed by atoms with Gasteiger partial charge in [-0.05, 0) is 36.2 Å². The normalized spacial score (nSPS) is 38.0. The van der Waals surface area contributed by atoms with Gasteiger partial charge in [0.2, 0.25) is 0 Å². The maximum absolute atomic E-state index is 11.3. The molecule has 14 heavy (non-hydrogen) atoms. The van der Waals surface area contributed by atoms with Crippen molar-refractivity contribution < 1.29 is 4.79 Å². The lowest BCUT2D eigenvalue weighted by Gasteiger charge is -2.22. The number of hydrogen-bond donors (Lipinski definition) is 0. The van der Waals surface area contributed by atoms with E-state index in [1.54, 1.807) is 0 Å². The molecule has 1 fully saturated rings. The van der Waals surface area contributed by atoms with E-state index in [2.05, 4.69) is 20.4 Å². The molecule has 0 aliphatic heterocycles. The first-order valence-corrected chi connectivity index (χ1v) is 5.49. The van der Waals surface area contributed by atoms with Crippen molar-refractivity contribution in [3.63, 3.8) is 0 Å². The van der Waals surface area contributed by atoms with Crippen LogP contribution in [0.2, 0.25) is 0 Å². The Bertz CT molecular complexity index is 300. The number of rotatable bonds is 2. The zero-order valence-corrected chi connectivity index (χ0v) is 8.99. The molecular formula is C13H18O. The molecule has 0 aromatic rings. The van der Waals surface area contributed by atoms with E-state index in [-0.39, 0.29) is 0 Å². The topological polar surface area (TPSA) is 17.1 Å². The fraction of sp³-hybridized carbons (Fsp3) is 0.615. The van der Waals surface area contributed by atoms with E-state index >= 15 is 0 Å². The molecule has 0 unspecified atom stereocenters. The van der Waals surface area contributed by atoms with Crippen LogP contribution in [0, 0.1) is 23.7 Å². The lowest BCUT2D eigenvalue weighted by molar-refractivity contribution is -0.114. The van der Waals surface area contributed by atoms with Gasteiger partial charge in [-0.25, -0.2) is 0 Å². The quantitative estimate of drug-likeness (QED) is 0.612. The minimum atomic E-state index is 0.335. The monoisotopic (exact) mass is 190 g/mol. The van der Waals surface area contributed by atoms with E-state index in [4.69, 9.17) is 0 Å². The average Bonchev–Trinajstić information content (AvgIpc) is 2.64. The van der Waals surface area contributed by atoms with E-state index in [0.29, 0.717) is 29.5 Å². The van der Waals surface area contributed by atoms with Crippen LogP contribution in [0.3, 0.4) is 0 Å². The van der Waals surface area contributed by atoms with Gasteiger partial charge in [0.15, 0.2) is 5.78 Å². The molecule has 4 atom stereocenters. The molecule has 1 saturated carbocycles. The molecule has 0 N–H and O–H groups in total. The minimum absolute atomic E-state index is 0.335. The second-order valence-electron chi connectivity index (χ2n) is 4.82. The predicted octanol–water partition coefficient (Wildman–Crippen LogP) is 2.98. The first kappa shape index (κ1) is 9.70. The molecule has 76 valence electrons. The van der Waals surface area contributed by atoms with Crippen molar-refractivity contribution in [2.24, 2.45) is 23.7 Å². The van der Waals surface area contributed by atoms with Crippen molar-refractivity contribution in [2.45, 2.75) is 26.7 Å². The van der Waals surface area contributed by atoms with Gasteiger partial charge in [0.1, 0.15) is 0 Å². The zero-order valence-electron chi connectivity index (χ0n) is 8.99. The first-order chi connectivity index (χ1) is 6.63. The zero-order chi connectivity index (χ0) is 10.3. The summed E-state index contributed by atoms with van der Waals surface area (Å²) >= 11 is 0. The lowest BCUT2D eigenvalue weighted by atomic mass is 9.82. The minimum Gasteiger partial charge on any atom is -0.295 e. The van der Waals surface area contributed by atoms with Crippen LogP contribution in [0.5, 0.6) is 0 Å². The number of carbonyl (C=O) groups is 1. The van der Waals surface area contributed by atoms with Crippen LogP contribution in [0.15, 0.2) is 24.3 Å². The van der Waals surface area contributed by atoms with Crippen molar-refractivity contribution in [1.29, 1.82) is 0 Å². The number of ketones is 1. The molecule has 0 aromatic heterocycles. The van der Waals surface area contributed by atoms with E-state index in [0.717, 1.165) is 12.8 Å². The van der Waals surface area contributed by atoms with Gasteiger partial charge in [0.05, 0.1) is 0 Å². The summed E-state index contributed by atoms with van der Waals surface area (Å²) in [5, 5.41) is 0. The Morgan fingerprint density at radius 1 is 1.57 bits per heavy atom. The lowest BCUT2D eigenvalue weighted by Crippen LogP contribution is -2.17. The summed E-state index contributed by atoms with van der Waals surface area (Å²) in [7, 11) is 0. The van der Waals surface area contributed by atoms with Crippen LogP contribution in [0.4, 0.5) is 0 Å². The highest BCUT2D eigenvalue weighted by Crippen LogP contribution is 2.48. The Hall–Kier alpha value is -0.850. The Labute approximate surface area is 85.9 Å². The number of fused-ring (bicyclic) bond motifs is 1. The standard InChI is InChI=1S/C13H18O/c1-4-8(2)12-6-10-5-11(14)7-13(10)9(12)3/h4-5,8-9,12-13H,1,6-7H2,2-3H3/t8-,9+,12+,13+/m0/s1. The van der Waals surface area contributed by atoms with Gasteiger partial charge in [-0.1, -0.05) is 25.5 Å². The molecule has 0 aromatic carbocycles. The summed E-state index contributed by atoms with van der Waals surface area (Å²) in [5.41, 5.74) is 1.40. The highest BCUT2D eigenvalue weighted by atomic mass is 16.1. The van der Waals surface area contributed by atoms with Gasteiger partial charge >= 0.3 is 0 Å². The van der Waals surface area contributed by atoms with Crippen LogP contribution in [-0.4, -0.2) is 5.78 Å². The molecule has 2 aliphatic rings. The van der Waals surface area contributed by atoms with Gasteiger partial charge in [-0.2, -0.15) is 0 Å². The van der Waals surface area contributed by atoms with Gasteiger partial charge in [-0.3, -0.25) is 4.79 Å². The predicted molar refractivity (Wildman–Crippen MR) is 57.8 cm³/mol. The number of carbonyl (C=O) groups excluding carboxylic acids is 1. The molecule has 2 rings (SSSR count). The molecule has 1 nitrogen and oxygen atoms in total. The fourth-order valence-corrected chi connectivity index (χ4v) is 3.05. The SMILES string of the molecule is C=C[C@H](C)[C@H]1CC2=CC(=O)C[C@@H]2[C@@H]1C. The Kier molecular flexibility index (Phi) is 2.34. The molecule has 0 saturated heterocycles. The van der Waals surface area contributed by atoms with Crippen molar-refractivity contribution in [3.05, 3.63) is 24.3 Å². The third-order valence-corrected chi connectivity index (χ3v) is 4.07. The van der Waals surface area contributed by atoms with Crippen LogP contribution >= 0.6 is 0 Å². The van der Waals surface area contributed by atoms with Crippen LogP contribution in [0.25, 0.3) is 0 Å². The van der Waals surface area contributed by atoms with Crippen molar-refractivity contribution >= 4 is 5.78 Å². The highest BCUT2D eigenvalue weighted by molar-refractivity contribution is 5.93. The van der Waals surface area contributed by atoms with Crippen LogP contribution < -0.4 is 0 Å². The van der Waals surface area contributed by atoms with Gasteiger partial charge in [0.25, 0.3) is 0 Å². The molecule has 0 bridgehead atoms. The summed E-state index contributed by atoms with van der Waals surface area (Å²) < 4.78 is 0. The maximum Gasteiger partial charge on any atom is 0.156 e. The average molecular weight is 190 g/mol. The van der Waals surface area contributed by atoms with Gasteiger partial charge < -0.3 is 0 Å². The Morgan fingerprint density at radius 2 is 2.29 bits per heavy atom. The summed E-state index contributed by atoms with van der Waals surface area (Å²) in [4.78, 5) is 11.3. The van der Waals surface area contributed by atoms with E-state index in [1.807, 2.05) is 12.2 Å². The largest absolute Gasteiger partial charge is 0.295 e. The molecule has 0 radical (unpaired) electrons. The Balaban J connectivity index is 2.18. The molecule has 0 heterocycles. The summed E-state index contributed by atoms with van der Waals surface area (Å²) in [6, 6.07) is 0. The summed E-state index contributed by atoms with van der Waals surface area (Å²) in [5.74, 6) is 2.82. The highest BCUT2D eigenvalue weighted by Gasteiger charge is 2.41. The van der Waals surface area contributed by atoms with Crippen LogP contribution in [0.1, 0.15) is 26.7 Å². The van der Waals surface area contributed by atoms with E-state index in [9.17, 15) is 4.79 Å². The molecule has 1 heteroatoms. The molecule has 2 aliphatic carbocycles. The molecular weight excluding hydrogens is 172 g/mol. The number of hydrogen-bond acceptors (Lipinski definition) is 1. The third kappa shape index (κ3) is 1.35. The summed E-state index contributed by atoms with van der Waals surface area (Å²) in [6.45, 7) is 8.38. The molecule has 0 spiro atoms. The maximum atomic E-state index is 11.3. The van der Waals surface area contributed by atoms with Gasteiger partial charge in [-0.15, -0.1) is 6.58 Å².